The Morgan fingerprint density at radius 2 is 1.85 bits per heavy atom. The first-order valence-electron chi connectivity index (χ1n) is 6.04. The van der Waals surface area contributed by atoms with Crippen LogP contribution < -0.4 is 10.5 Å². The summed E-state index contributed by atoms with van der Waals surface area (Å²) in [6, 6.07) is 9.85. The van der Waals surface area contributed by atoms with Crippen molar-refractivity contribution < 1.29 is 14.3 Å². The SMILES string of the molecule is Cc1cccc(C)c1Oc1ccc(/C(N)=N/O)cc1F. The van der Waals surface area contributed by atoms with Gasteiger partial charge in [0.15, 0.2) is 17.4 Å². The van der Waals surface area contributed by atoms with Gasteiger partial charge in [0, 0.05) is 5.56 Å². The van der Waals surface area contributed by atoms with E-state index in [9.17, 15) is 4.39 Å². The van der Waals surface area contributed by atoms with E-state index in [1.54, 1.807) is 0 Å². The predicted octanol–water partition coefficient (Wildman–Crippen LogP) is 3.33. The van der Waals surface area contributed by atoms with Crippen molar-refractivity contribution >= 4 is 5.84 Å². The molecule has 0 radical (unpaired) electrons. The van der Waals surface area contributed by atoms with Crippen LogP contribution in [0.2, 0.25) is 0 Å². The van der Waals surface area contributed by atoms with Gasteiger partial charge in [0.05, 0.1) is 0 Å². The van der Waals surface area contributed by atoms with Crippen LogP contribution in [0.4, 0.5) is 4.39 Å². The third kappa shape index (κ3) is 2.71. The van der Waals surface area contributed by atoms with Crippen molar-refractivity contribution in [1.29, 1.82) is 0 Å². The molecule has 3 N–H and O–H groups in total. The van der Waals surface area contributed by atoms with E-state index in [0.717, 1.165) is 17.2 Å². The van der Waals surface area contributed by atoms with E-state index in [4.69, 9.17) is 15.7 Å². The summed E-state index contributed by atoms with van der Waals surface area (Å²) in [4.78, 5) is 0. The summed E-state index contributed by atoms with van der Waals surface area (Å²) in [7, 11) is 0. The largest absolute Gasteiger partial charge is 0.454 e. The minimum Gasteiger partial charge on any atom is -0.454 e. The number of rotatable bonds is 3. The fourth-order valence-corrected chi connectivity index (χ4v) is 1.87. The van der Waals surface area contributed by atoms with Gasteiger partial charge in [-0.1, -0.05) is 23.4 Å². The molecule has 0 bridgehead atoms. The van der Waals surface area contributed by atoms with E-state index in [1.807, 2.05) is 32.0 Å². The maximum Gasteiger partial charge on any atom is 0.170 e. The zero-order chi connectivity index (χ0) is 14.7. The highest BCUT2D eigenvalue weighted by Gasteiger charge is 2.11. The highest BCUT2D eigenvalue weighted by Crippen LogP contribution is 2.30. The molecule has 0 fully saturated rings. The van der Waals surface area contributed by atoms with Crippen molar-refractivity contribution in [3.8, 4) is 11.5 Å². The molecule has 2 aromatic carbocycles. The van der Waals surface area contributed by atoms with Crippen LogP contribution in [0.15, 0.2) is 41.6 Å². The Bertz CT molecular complexity index is 649. The molecule has 0 aliphatic heterocycles. The second-order valence-electron chi connectivity index (χ2n) is 4.45. The molecule has 0 amide bonds. The highest BCUT2D eigenvalue weighted by molar-refractivity contribution is 5.97. The summed E-state index contributed by atoms with van der Waals surface area (Å²) >= 11 is 0. The predicted molar refractivity (Wildman–Crippen MR) is 74.9 cm³/mol. The molecule has 0 aromatic heterocycles. The number of hydrogen-bond donors (Lipinski definition) is 2. The van der Waals surface area contributed by atoms with Crippen LogP contribution >= 0.6 is 0 Å². The van der Waals surface area contributed by atoms with Gasteiger partial charge in [0.2, 0.25) is 0 Å². The van der Waals surface area contributed by atoms with E-state index in [1.165, 1.54) is 12.1 Å². The number of hydrogen-bond acceptors (Lipinski definition) is 3. The zero-order valence-corrected chi connectivity index (χ0v) is 11.2. The first-order chi connectivity index (χ1) is 9.52. The van der Waals surface area contributed by atoms with Crippen LogP contribution in [0.3, 0.4) is 0 Å². The minimum absolute atomic E-state index is 0.0943. The zero-order valence-electron chi connectivity index (χ0n) is 11.2. The van der Waals surface area contributed by atoms with Crippen LogP contribution in [-0.2, 0) is 0 Å². The average molecular weight is 274 g/mol. The molecule has 104 valence electrons. The molecule has 0 heterocycles. The Labute approximate surface area is 116 Å². The number of ether oxygens (including phenoxy) is 1. The molecule has 2 aromatic rings. The summed E-state index contributed by atoms with van der Waals surface area (Å²) in [5.74, 6) is -0.000822. The molecule has 0 atom stereocenters. The molecule has 0 spiro atoms. The second kappa shape index (κ2) is 5.61. The third-order valence-corrected chi connectivity index (χ3v) is 2.96. The Morgan fingerprint density at radius 3 is 2.40 bits per heavy atom. The van der Waals surface area contributed by atoms with Gasteiger partial charge in [-0.15, -0.1) is 0 Å². The van der Waals surface area contributed by atoms with Gasteiger partial charge in [0.25, 0.3) is 0 Å². The van der Waals surface area contributed by atoms with Crippen molar-refractivity contribution in [2.24, 2.45) is 10.9 Å². The van der Waals surface area contributed by atoms with Gasteiger partial charge in [-0.3, -0.25) is 0 Å². The van der Waals surface area contributed by atoms with E-state index in [2.05, 4.69) is 5.16 Å². The van der Waals surface area contributed by atoms with Crippen molar-refractivity contribution in [2.75, 3.05) is 0 Å². The van der Waals surface area contributed by atoms with Crippen LogP contribution in [0.25, 0.3) is 0 Å². The molecule has 5 heteroatoms. The standard InChI is InChI=1S/C15H15FN2O2/c1-9-4-3-5-10(2)14(9)20-13-7-6-11(8-12(13)16)15(17)18-19/h3-8,19H,1-2H3,(H2,17,18). The molecule has 20 heavy (non-hydrogen) atoms. The van der Waals surface area contributed by atoms with E-state index >= 15 is 0 Å². The number of halogens is 1. The number of aryl methyl sites for hydroxylation is 2. The fourth-order valence-electron chi connectivity index (χ4n) is 1.87. The molecule has 2 rings (SSSR count). The van der Waals surface area contributed by atoms with Crippen LogP contribution in [0, 0.1) is 19.7 Å². The molecule has 0 saturated carbocycles. The van der Waals surface area contributed by atoms with Crippen LogP contribution in [-0.4, -0.2) is 11.0 Å². The monoisotopic (exact) mass is 274 g/mol. The Morgan fingerprint density at radius 1 is 1.20 bits per heavy atom. The van der Waals surface area contributed by atoms with E-state index in [0.29, 0.717) is 11.3 Å². The number of benzene rings is 2. The number of oxime groups is 1. The smallest absolute Gasteiger partial charge is 0.170 e. The van der Waals surface area contributed by atoms with Gasteiger partial charge in [0.1, 0.15) is 5.75 Å². The molecule has 0 saturated heterocycles. The molecule has 0 aliphatic rings. The van der Waals surface area contributed by atoms with Gasteiger partial charge in [-0.05, 0) is 43.2 Å². The summed E-state index contributed by atoms with van der Waals surface area (Å²) in [6.45, 7) is 3.79. The maximum atomic E-state index is 14.0. The fraction of sp³-hybridized carbons (Fsp3) is 0.133. The summed E-state index contributed by atoms with van der Waals surface area (Å²) in [6.07, 6.45) is 0. The topological polar surface area (TPSA) is 67.8 Å². The minimum atomic E-state index is -0.572. The summed E-state index contributed by atoms with van der Waals surface area (Å²) < 4.78 is 19.6. The molecular formula is C15H15FN2O2. The average Bonchev–Trinajstić information content (AvgIpc) is 2.43. The third-order valence-electron chi connectivity index (χ3n) is 2.96. The van der Waals surface area contributed by atoms with Gasteiger partial charge in [-0.25, -0.2) is 4.39 Å². The lowest BCUT2D eigenvalue weighted by atomic mass is 10.1. The lowest BCUT2D eigenvalue weighted by Crippen LogP contribution is -2.13. The molecular weight excluding hydrogens is 259 g/mol. The maximum absolute atomic E-state index is 14.0. The highest BCUT2D eigenvalue weighted by atomic mass is 19.1. The lowest BCUT2D eigenvalue weighted by Gasteiger charge is -2.12. The first kappa shape index (κ1) is 13.9. The normalized spacial score (nSPS) is 11.4. The number of nitrogens with zero attached hydrogens (tertiary/aromatic N) is 1. The summed E-state index contributed by atoms with van der Waals surface area (Å²) in [5, 5.41) is 11.4. The lowest BCUT2D eigenvalue weighted by molar-refractivity contribution is 0.318. The van der Waals surface area contributed by atoms with Gasteiger partial charge >= 0.3 is 0 Å². The number of nitrogens with two attached hydrogens (primary N) is 1. The van der Waals surface area contributed by atoms with E-state index in [-0.39, 0.29) is 11.6 Å². The second-order valence-corrected chi connectivity index (χ2v) is 4.45. The van der Waals surface area contributed by atoms with Crippen LogP contribution in [0.1, 0.15) is 16.7 Å². The molecule has 4 nitrogen and oxygen atoms in total. The molecule has 0 aliphatic carbocycles. The number of amidine groups is 1. The van der Waals surface area contributed by atoms with Crippen molar-refractivity contribution in [1.82, 2.24) is 0 Å². The summed E-state index contributed by atoms with van der Waals surface area (Å²) in [5.41, 5.74) is 7.54. The van der Waals surface area contributed by atoms with Crippen molar-refractivity contribution in [3.63, 3.8) is 0 Å². The Hall–Kier alpha value is -2.56. The Kier molecular flexibility index (Phi) is 3.89. The van der Waals surface area contributed by atoms with Crippen LogP contribution in [0.5, 0.6) is 11.5 Å². The van der Waals surface area contributed by atoms with Crippen molar-refractivity contribution in [3.05, 3.63) is 58.9 Å². The quantitative estimate of drug-likeness (QED) is 0.390. The van der Waals surface area contributed by atoms with Gasteiger partial charge < -0.3 is 15.7 Å². The van der Waals surface area contributed by atoms with E-state index < -0.39 is 5.82 Å². The molecule has 0 unspecified atom stereocenters. The van der Waals surface area contributed by atoms with Gasteiger partial charge in [-0.2, -0.15) is 0 Å². The number of para-hydroxylation sites is 1. The van der Waals surface area contributed by atoms with Crippen molar-refractivity contribution in [2.45, 2.75) is 13.8 Å². The Balaban J connectivity index is 2.36. The first-order valence-corrected chi connectivity index (χ1v) is 6.04.